The highest BCUT2D eigenvalue weighted by Crippen LogP contribution is 2.26. The molecule has 1 aromatic carbocycles. The first-order valence-electron chi connectivity index (χ1n) is 6.32. The number of rotatable bonds is 5. The Balaban J connectivity index is 1.91. The predicted octanol–water partition coefficient (Wildman–Crippen LogP) is 0.781. The smallest absolute Gasteiger partial charge is 0.150 e. The van der Waals surface area contributed by atoms with Crippen LogP contribution in [-0.2, 0) is 9.84 Å². The van der Waals surface area contributed by atoms with Crippen LogP contribution in [0.1, 0.15) is 6.42 Å². The lowest BCUT2D eigenvalue weighted by Gasteiger charge is -2.21. The topological polar surface area (TPSA) is 89.6 Å². The fourth-order valence-electron chi connectivity index (χ4n) is 2.34. The molecule has 0 aliphatic carbocycles. The van der Waals surface area contributed by atoms with Gasteiger partial charge in [-0.2, -0.15) is 0 Å². The minimum atomic E-state index is -2.88. The van der Waals surface area contributed by atoms with E-state index >= 15 is 0 Å². The fraction of sp³-hybridized carbons (Fsp3) is 0.538. The van der Waals surface area contributed by atoms with Crippen molar-refractivity contribution in [2.75, 3.05) is 24.7 Å². The van der Waals surface area contributed by atoms with Gasteiger partial charge in [0.2, 0.25) is 0 Å². The molecule has 0 spiro atoms. The maximum absolute atomic E-state index is 11.5. The lowest BCUT2D eigenvalue weighted by atomic mass is 9.93. The molecule has 1 saturated heterocycles. The van der Waals surface area contributed by atoms with Crippen LogP contribution in [0.15, 0.2) is 24.3 Å². The van der Waals surface area contributed by atoms with E-state index in [0.717, 1.165) is 0 Å². The maximum atomic E-state index is 11.5. The van der Waals surface area contributed by atoms with Crippen LogP contribution in [0.3, 0.4) is 0 Å². The third-order valence-corrected chi connectivity index (χ3v) is 5.33. The third kappa shape index (κ3) is 3.84. The average molecular weight is 285 g/mol. The van der Waals surface area contributed by atoms with E-state index in [-0.39, 0.29) is 29.1 Å². The van der Waals surface area contributed by atoms with E-state index in [2.05, 4.69) is 0 Å². The molecule has 0 aromatic heterocycles. The molecule has 19 heavy (non-hydrogen) atoms. The highest BCUT2D eigenvalue weighted by atomic mass is 32.2. The van der Waals surface area contributed by atoms with Crippen molar-refractivity contribution in [2.45, 2.75) is 6.42 Å². The molecule has 2 rings (SSSR count). The molecule has 0 saturated carbocycles. The van der Waals surface area contributed by atoms with E-state index in [4.69, 9.17) is 15.6 Å². The summed E-state index contributed by atoms with van der Waals surface area (Å²) in [6.45, 7) is 0.819. The minimum absolute atomic E-state index is 0.0473. The molecule has 1 aromatic rings. The second kappa shape index (κ2) is 5.79. The summed E-state index contributed by atoms with van der Waals surface area (Å²) in [5.41, 5.74) is 5.71. The quantitative estimate of drug-likeness (QED) is 0.834. The van der Waals surface area contributed by atoms with Crippen molar-refractivity contribution in [2.24, 2.45) is 17.6 Å². The van der Waals surface area contributed by atoms with Gasteiger partial charge in [-0.3, -0.25) is 0 Å². The van der Waals surface area contributed by atoms with Gasteiger partial charge in [-0.25, -0.2) is 8.42 Å². The van der Waals surface area contributed by atoms with Gasteiger partial charge < -0.3 is 15.6 Å². The molecule has 0 amide bonds. The minimum Gasteiger partial charge on any atom is -0.508 e. The molecule has 2 unspecified atom stereocenters. The Morgan fingerprint density at radius 3 is 2.58 bits per heavy atom. The van der Waals surface area contributed by atoms with Crippen LogP contribution in [-0.4, -0.2) is 38.2 Å². The van der Waals surface area contributed by atoms with Gasteiger partial charge >= 0.3 is 0 Å². The maximum Gasteiger partial charge on any atom is 0.150 e. The van der Waals surface area contributed by atoms with E-state index in [1.807, 2.05) is 0 Å². The molecule has 5 nitrogen and oxygen atoms in total. The molecule has 6 heteroatoms. The SMILES string of the molecule is NCC(COc1ccc(O)cc1)C1CCS(=O)(=O)C1. The number of sulfone groups is 1. The zero-order chi connectivity index (χ0) is 13.9. The summed E-state index contributed by atoms with van der Waals surface area (Å²) in [7, 11) is -2.88. The summed E-state index contributed by atoms with van der Waals surface area (Å²) in [4.78, 5) is 0. The number of phenols is 1. The van der Waals surface area contributed by atoms with Gasteiger partial charge in [0, 0.05) is 5.92 Å². The molecule has 1 aliphatic heterocycles. The largest absolute Gasteiger partial charge is 0.508 e. The first kappa shape index (κ1) is 14.1. The Labute approximate surface area is 113 Å². The number of benzene rings is 1. The zero-order valence-electron chi connectivity index (χ0n) is 10.7. The van der Waals surface area contributed by atoms with Gasteiger partial charge in [0.1, 0.15) is 11.5 Å². The van der Waals surface area contributed by atoms with Gasteiger partial charge in [0.25, 0.3) is 0 Å². The summed E-state index contributed by atoms with van der Waals surface area (Å²) in [5, 5.41) is 9.17. The van der Waals surface area contributed by atoms with Crippen molar-refractivity contribution in [3.05, 3.63) is 24.3 Å². The van der Waals surface area contributed by atoms with Gasteiger partial charge in [0.15, 0.2) is 9.84 Å². The van der Waals surface area contributed by atoms with Gasteiger partial charge in [-0.15, -0.1) is 0 Å². The van der Waals surface area contributed by atoms with E-state index < -0.39 is 9.84 Å². The van der Waals surface area contributed by atoms with Crippen molar-refractivity contribution >= 4 is 9.84 Å². The Hall–Kier alpha value is -1.27. The summed E-state index contributed by atoms with van der Waals surface area (Å²) >= 11 is 0. The highest BCUT2D eigenvalue weighted by molar-refractivity contribution is 7.91. The summed E-state index contributed by atoms with van der Waals surface area (Å²) < 4.78 is 28.5. The van der Waals surface area contributed by atoms with Crippen molar-refractivity contribution in [3.8, 4) is 11.5 Å². The number of hydrogen-bond donors (Lipinski definition) is 2. The number of nitrogens with two attached hydrogens (primary N) is 1. The third-order valence-electron chi connectivity index (χ3n) is 3.54. The van der Waals surface area contributed by atoms with E-state index in [9.17, 15) is 8.42 Å². The van der Waals surface area contributed by atoms with Crippen LogP contribution in [0.2, 0.25) is 0 Å². The van der Waals surface area contributed by atoms with Crippen LogP contribution >= 0.6 is 0 Å². The van der Waals surface area contributed by atoms with E-state index in [0.29, 0.717) is 25.3 Å². The molecule has 1 aliphatic rings. The van der Waals surface area contributed by atoms with Gasteiger partial charge in [-0.1, -0.05) is 0 Å². The summed E-state index contributed by atoms with van der Waals surface area (Å²) in [5.74, 6) is 1.45. The van der Waals surface area contributed by atoms with Crippen molar-refractivity contribution in [1.82, 2.24) is 0 Å². The first-order chi connectivity index (χ1) is 9.00. The van der Waals surface area contributed by atoms with Crippen molar-refractivity contribution in [3.63, 3.8) is 0 Å². The Bertz CT molecular complexity index is 512. The zero-order valence-corrected chi connectivity index (χ0v) is 11.5. The van der Waals surface area contributed by atoms with Crippen LogP contribution < -0.4 is 10.5 Å². The molecule has 1 fully saturated rings. The van der Waals surface area contributed by atoms with Gasteiger partial charge in [-0.05, 0) is 43.1 Å². The molecule has 1 heterocycles. The molecular formula is C13H19NO4S. The number of aromatic hydroxyl groups is 1. The number of ether oxygens (including phenoxy) is 1. The van der Waals surface area contributed by atoms with Crippen LogP contribution in [0.25, 0.3) is 0 Å². The molecule has 0 radical (unpaired) electrons. The Morgan fingerprint density at radius 2 is 2.05 bits per heavy atom. The summed E-state index contributed by atoms with van der Waals surface area (Å²) in [6, 6.07) is 6.45. The lowest BCUT2D eigenvalue weighted by molar-refractivity contribution is 0.209. The monoisotopic (exact) mass is 285 g/mol. The first-order valence-corrected chi connectivity index (χ1v) is 8.14. The normalized spacial score (nSPS) is 23.1. The predicted molar refractivity (Wildman–Crippen MR) is 72.9 cm³/mol. The molecule has 0 bridgehead atoms. The number of hydrogen-bond acceptors (Lipinski definition) is 5. The second-order valence-corrected chi connectivity index (χ2v) is 7.19. The Morgan fingerprint density at radius 1 is 1.37 bits per heavy atom. The highest BCUT2D eigenvalue weighted by Gasteiger charge is 2.33. The number of phenolic OH excluding ortho intramolecular Hbond substituents is 1. The van der Waals surface area contributed by atoms with Crippen LogP contribution in [0.4, 0.5) is 0 Å². The van der Waals surface area contributed by atoms with Crippen molar-refractivity contribution < 1.29 is 18.3 Å². The Kier molecular flexibility index (Phi) is 4.31. The molecule has 3 N–H and O–H groups in total. The van der Waals surface area contributed by atoms with E-state index in [1.165, 1.54) is 0 Å². The second-order valence-electron chi connectivity index (χ2n) is 4.96. The standard InChI is InChI=1S/C13H19NO4S/c14-7-11(10-5-6-19(16,17)9-10)8-18-13-3-1-12(15)2-4-13/h1-4,10-11,15H,5-9,14H2. The summed E-state index contributed by atoms with van der Waals surface area (Å²) in [6.07, 6.45) is 0.670. The van der Waals surface area contributed by atoms with Crippen LogP contribution in [0.5, 0.6) is 11.5 Å². The van der Waals surface area contributed by atoms with Crippen LogP contribution in [0, 0.1) is 11.8 Å². The molecular weight excluding hydrogens is 266 g/mol. The fourth-order valence-corrected chi connectivity index (χ4v) is 4.26. The molecule has 106 valence electrons. The van der Waals surface area contributed by atoms with Gasteiger partial charge in [0.05, 0.1) is 18.1 Å². The van der Waals surface area contributed by atoms with Crippen molar-refractivity contribution in [1.29, 1.82) is 0 Å². The molecule has 2 atom stereocenters. The van der Waals surface area contributed by atoms with E-state index in [1.54, 1.807) is 24.3 Å². The lowest BCUT2D eigenvalue weighted by Crippen LogP contribution is -2.29. The average Bonchev–Trinajstić information content (AvgIpc) is 2.73.